The van der Waals surface area contributed by atoms with Gasteiger partial charge in [0, 0.05) is 44.0 Å². The van der Waals surface area contributed by atoms with Crippen molar-refractivity contribution in [3.8, 4) is 0 Å². The lowest BCUT2D eigenvalue weighted by Crippen LogP contribution is -2.35. The largest absolute Gasteiger partial charge is 0.298 e. The number of likely N-dealkylation sites (N-methyl/N-ethyl adjacent to an activating group) is 1. The minimum Gasteiger partial charge on any atom is -0.298 e. The number of aryl methyl sites for hydroxylation is 1. The second kappa shape index (κ2) is 6.24. The van der Waals surface area contributed by atoms with Gasteiger partial charge in [-0.15, -0.1) is 0 Å². The highest BCUT2D eigenvalue weighted by molar-refractivity contribution is 7.88. The smallest absolute Gasteiger partial charge is 0.211 e. The molecule has 1 aliphatic heterocycles. The van der Waals surface area contributed by atoms with Crippen LogP contribution in [0.5, 0.6) is 0 Å². The van der Waals surface area contributed by atoms with E-state index < -0.39 is 10.0 Å². The fourth-order valence-electron chi connectivity index (χ4n) is 2.63. The first kappa shape index (κ1) is 15.5. The Hall–Kier alpha value is -0.920. The molecule has 7 heteroatoms. The van der Waals surface area contributed by atoms with E-state index in [0.29, 0.717) is 19.1 Å². The molecule has 1 aromatic rings. The van der Waals surface area contributed by atoms with Gasteiger partial charge in [0.2, 0.25) is 10.0 Å². The van der Waals surface area contributed by atoms with Crippen LogP contribution < -0.4 is 0 Å². The van der Waals surface area contributed by atoms with Crippen LogP contribution in [-0.2, 0) is 23.1 Å². The Kier molecular flexibility index (Phi) is 4.82. The van der Waals surface area contributed by atoms with Crippen molar-refractivity contribution in [2.24, 2.45) is 0 Å². The SMILES string of the molecule is CCCn1cc(CN(C)C2CCN(S(C)(=O)=O)C2)cn1. The third kappa shape index (κ3) is 3.80. The average molecular weight is 300 g/mol. The summed E-state index contributed by atoms with van der Waals surface area (Å²) in [6, 6.07) is 0.291. The lowest BCUT2D eigenvalue weighted by Gasteiger charge is -2.23. The zero-order chi connectivity index (χ0) is 14.8. The molecule has 0 bridgehead atoms. The van der Waals surface area contributed by atoms with Crippen molar-refractivity contribution in [3.63, 3.8) is 0 Å². The van der Waals surface area contributed by atoms with Crippen LogP contribution in [0, 0.1) is 0 Å². The molecule has 2 heterocycles. The molecule has 1 unspecified atom stereocenters. The second-order valence-corrected chi connectivity index (χ2v) is 7.57. The van der Waals surface area contributed by atoms with E-state index in [4.69, 9.17) is 0 Å². The standard InChI is InChI=1S/C13H24N4O2S/c1-4-6-16-10-12(8-14-16)9-15(2)13-5-7-17(11-13)20(3,18)19/h8,10,13H,4-7,9,11H2,1-3H3. The van der Waals surface area contributed by atoms with E-state index >= 15 is 0 Å². The van der Waals surface area contributed by atoms with Gasteiger partial charge in [-0.1, -0.05) is 6.92 Å². The minimum atomic E-state index is -3.05. The van der Waals surface area contributed by atoms with E-state index in [2.05, 4.69) is 23.1 Å². The van der Waals surface area contributed by atoms with Crippen molar-refractivity contribution in [3.05, 3.63) is 18.0 Å². The van der Waals surface area contributed by atoms with Crippen LogP contribution in [0.3, 0.4) is 0 Å². The van der Waals surface area contributed by atoms with E-state index in [1.165, 1.54) is 11.8 Å². The van der Waals surface area contributed by atoms with Crippen LogP contribution in [0.4, 0.5) is 0 Å². The molecule has 1 aromatic heterocycles. The van der Waals surface area contributed by atoms with Gasteiger partial charge in [0.25, 0.3) is 0 Å². The highest BCUT2D eigenvalue weighted by atomic mass is 32.2. The van der Waals surface area contributed by atoms with Gasteiger partial charge < -0.3 is 0 Å². The van der Waals surface area contributed by atoms with Gasteiger partial charge in [-0.05, 0) is 19.9 Å². The van der Waals surface area contributed by atoms with Crippen LogP contribution in [0.2, 0.25) is 0 Å². The van der Waals surface area contributed by atoms with Gasteiger partial charge in [0.15, 0.2) is 0 Å². The van der Waals surface area contributed by atoms with Crippen molar-refractivity contribution >= 4 is 10.0 Å². The second-order valence-electron chi connectivity index (χ2n) is 5.59. The summed E-state index contributed by atoms with van der Waals surface area (Å²) >= 11 is 0. The van der Waals surface area contributed by atoms with E-state index in [-0.39, 0.29) is 0 Å². The summed E-state index contributed by atoms with van der Waals surface area (Å²) in [4.78, 5) is 2.22. The molecule has 0 amide bonds. The first-order valence-corrected chi connectivity index (χ1v) is 8.91. The predicted molar refractivity (Wildman–Crippen MR) is 78.8 cm³/mol. The van der Waals surface area contributed by atoms with Gasteiger partial charge in [-0.2, -0.15) is 5.10 Å². The van der Waals surface area contributed by atoms with E-state index in [1.54, 1.807) is 4.31 Å². The molecule has 114 valence electrons. The summed E-state index contributed by atoms with van der Waals surface area (Å²) in [5, 5.41) is 4.32. The molecule has 2 rings (SSSR count). The van der Waals surface area contributed by atoms with Crippen molar-refractivity contribution in [2.75, 3.05) is 26.4 Å². The van der Waals surface area contributed by atoms with Gasteiger partial charge in [-0.25, -0.2) is 12.7 Å². The molecule has 1 atom stereocenters. The van der Waals surface area contributed by atoms with Crippen LogP contribution in [0.15, 0.2) is 12.4 Å². The highest BCUT2D eigenvalue weighted by Crippen LogP contribution is 2.18. The highest BCUT2D eigenvalue weighted by Gasteiger charge is 2.30. The molecule has 1 fully saturated rings. The Balaban J connectivity index is 1.90. The van der Waals surface area contributed by atoms with Crippen LogP contribution in [-0.4, -0.2) is 59.8 Å². The summed E-state index contributed by atoms with van der Waals surface area (Å²) < 4.78 is 26.6. The number of hydrogen-bond donors (Lipinski definition) is 0. The number of aromatic nitrogens is 2. The zero-order valence-electron chi connectivity index (χ0n) is 12.5. The quantitative estimate of drug-likeness (QED) is 0.778. The molecule has 0 aromatic carbocycles. The monoisotopic (exact) mass is 300 g/mol. The molecule has 1 aliphatic rings. The summed E-state index contributed by atoms with van der Waals surface area (Å²) in [7, 11) is -1.01. The third-order valence-corrected chi connectivity index (χ3v) is 5.06. The molecule has 0 saturated carbocycles. The fraction of sp³-hybridized carbons (Fsp3) is 0.769. The Labute approximate surface area is 121 Å². The summed E-state index contributed by atoms with van der Waals surface area (Å²) in [6.07, 6.45) is 7.22. The van der Waals surface area contributed by atoms with E-state index in [1.807, 2.05) is 17.9 Å². The summed E-state index contributed by atoms with van der Waals surface area (Å²) in [5.41, 5.74) is 1.18. The molecule has 1 saturated heterocycles. The number of hydrogen-bond acceptors (Lipinski definition) is 4. The third-order valence-electron chi connectivity index (χ3n) is 3.79. The first-order chi connectivity index (χ1) is 9.40. The zero-order valence-corrected chi connectivity index (χ0v) is 13.3. The Morgan fingerprint density at radius 1 is 1.50 bits per heavy atom. The predicted octanol–water partition coefficient (Wildman–Crippen LogP) is 0.759. The minimum absolute atomic E-state index is 0.291. The van der Waals surface area contributed by atoms with Crippen LogP contribution >= 0.6 is 0 Å². The normalized spacial score (nSPS) is 20.9. The summed E-state index contributed by atoms with van der Waals surface area (Å²) in [6.45, 7) is 5.11. The van der Waals surface area contributed by atoms with Crippen LogP contribution in [0.25, 0.3) is 0 Å². The van der Waals surface area contributed by atoms with Crippen molar-refractivity contribution in [2.45, 2.75) is 38.9 Å². The average Bonchev–Trinajstić information content (AvgIpc) is 2.97. The Morgan fingerprint density at radius 3 is 2.85 bits per heavy atom. The van der Waals surface area contributed by atoms with Gasteiger partial charge in [0.05, 0.1) is 12.5 Å². The maximum Gasteiger partial charge on any atom is 0.211 e. The molecule has 0 N–H and O–H groups in total. The Morgan fingerprint density at radius 2 is 2.25 bits per heavy atom. The lowest BCUT2D eigenvalue weighted by molar-refractivity contribution is 0.242. The molecular weight excluding hydrogens is 276 g/mol. The topological polar surface area (TPSA) is 58.4 Å². The van der Waals surface area contributed by atoms with Gasteiger partial charge in [-0.3, -0.25) is 9.58 Å². The lowest BCUT2D eigenvalue weighted by atomic mass is 10.2. The molecule has 0 spiro atoms. The first-order valence-electron chi connectivity index (χ1n) is 7.07. The van der Waals surface area contributed by atoms with Crippen LogP contribution in [0.1, 0.15) is 25.3 Å². The van der Waals surface area contributed by atoms with Crippen molar-refractivity contribution < 1.29 is 8.42 Å². The number of nitrogens with zero attached hydrogens (tertiary/aromatic N) is 4. The maximum atomic E-state index is 11.5. The maximum absolute atomic E-state index is 11.5. The van der Waals surface area contributed by atoms with Crippen molar-refractivity contribution in [1.29, 1.82) is 0 Å². The van der Waals surface area contributed by atoms with E-state index in [9.17, 15) is 8.42 Å². The van der Waals surface area contributed by atoms with Gasteiger partial charge >= 0.3 is 0 Å². The Bertz CT molecular complexity index is 540. The molecule has 0 radical (unpaired) electrons. The summed E-state index contributed by atoms with van der Waals surface area (Å²) in [5.74, 6) is 0. The van der Waals surface area contributed by atoms with Crippen molar-refractivity contribution in [1.82, 2.24) is 19.0 Å². The molecule has 6 nitrogen and oxygen atoms in total. The number of sulfonamides is 1. The molecule has 0 aliphatic carbocycles. The number of rotatable bonds is 6. The molecule has 20 heavy (non-hydrogen) atoms. The molecular formula is C13H24N4O2S. The van der Waals surface area contributed by atoms with E-state index in [0.717, 1.165) is 25.9 Å². The fourth-order valence-corrected chi connectivity index (χ4v) is 3.51. The van der Waals surface area contributed by atoms with Gasteiger partial charge in [0.1, 0.15) is 0 Å².